The van der Waals surface area contributed by atoms with Gasteiger partial charge in [0.05, 0.1) is 30.5 Å². The van der Waals surface area contributed by atoms with Gasteiger partial charge in [-0.2, -0.15) is 0 Å². The molecule has 1 heterocycles. The Balaban J connectivity index is 1.53. The monoisotopic (exact) mass is 481 g/mol. The van der Waals surface area contributed by atoms with Crippen LogP contribution in [0.3, 0.4) is 0 Å². The molecule has 4 aromatic rings. The number of oxazole rings is 1. The molecule has 0 spiro atoms. The molecule has 2 N–H and O–H groups in total. The molecule has 0 unspecified atom stereocenters. The molecule has 0 saturated heterocycles. The summed E-state index contributed by atoms with van der Waals surface area (Å²) >= 11 is 11.7. The van der Waals surface area contributed by atoms with Gasteiger partial charge in [-0.1, -0.05) is 17.7 Å². The molecule has 9 heteroatoms. The molecule has 0 fully saturated rings. The van der Waals surface area contributed by atoms with Crippen LogP contribution in [0, 0.1) is 6.92 Å². The molecular formula is C24H20ClN3O4S. The molecule has 4 rings (SSSR count). The number of carbonyl (C=O) groups is 1. The van der Waals surface area contributed by atoms with E-state index in [2.05, 4.69) is 15.6 Å². The predicted octanol–water partition coefficient (Wildman–Crippen LogP) is 5.60. The van der Waals surface area contributed by atoms with Crippen LogP contribution in [0.1, 0.15) is 15.9 Å². The molecule has 33 heavy (non-hydrogen) atoms. The predicted molar refractivity (Wildman–Crippen MR) is 132 cm³/mol. The Labute approximate surface area is 200 Å². The van der Waals surface area contributed by atoms with E-state index in [4.69, 9.17) is 37.7 Å². The number of fused-ring (bicyclic) bond motifs is 1. The number of nitrogens with zero attached hydrogens (tertiary/aromatic N) is 1. The fraction of sp³-hybridized carbons (Fsp3) is 0.125. The smallest absolute Gasteiger partial charge is 0.261 e. The highest BCUT2D eigenvalue weighted by molar-refractivity contribution is 7.80. The van der Waals surface area contributed by atoms with Crippen LogP contribution < -0.4 is 20.1 Å². The Kier molecular flexibility index (Phi) is 6.48. The van der Waals surface area contributed by atoms with Gasteiger partial charge in [0.1, 0.15) is 17.0 Å². The lowest BCUT2D eigenvalue weighted by molar-refractivity contribution is 0.0974. The first-order chi connectivity index (χ1) is 15.9. The number of carbonyl (C=O) groups excluding carboxylic acids is 1. The summed E-state index contributed by atoms with van der Waals surface area (Å²) in [7, 11) is 3.01. The summed E-state index contributed by atoms with van der Waals surface area (Å²) in [5.74, 6) is 0.949. The normalized spacial score (nSPS) is 10.7. The zero-order valence-corrected chi connectivity index (χ0v) is 19.6. The summed E-state index contributed by atoms with van der Waals surface area (Å²) in [6.45, 7) is 1.99. The molecule has 0 aliphatic rings. The highest BCUT2D eigenvalue weighted by Gasteiger charge is 2.16. The molecule has 3 aromatic carbocycles. The summed E-state index contributed by atoms with van der Waals surface area (Å²) < 4.78 is 16.3. The second-order valence-electron chi connectivity index (χ2n) is 7.16. The quantitative estimate of drug-likeness (QED) is 0.359. The average Bonchev–Trinajstić information content (AvgIpc) is 3.23. The van der Waals surface area contributed by atoms with Crippen molar-refractivity contribution in [2.75, 3.05) is 19.5 Å². The van der Waals surface area contributed by atoms with E-state index in [1.165, 1.54) is 14.2 Å². The van der Waals surface area contributed by atoms with Gasteiger partial charge in [-0.15, -0.1) is 0 Å². The number of rotatable bonds is 5. The Hall–Kier alpha value is -3.62. The van der Waals surface area contributed by atoms with Gasteiger partial charge in [0.2, 0.25) is 5.89 Å². The number of aromatic nitrogens is 1. The van der Waals surface area contributed by atoms with Crippen LogP contribution in [-0.4, -0.2) is 30.2 Å². The second kappa shape index (κ2) is 9.48. The minimum atomic E-state index is -0.436. The number of amides is 1. The van der Waals surface area contributed by atoms with Crippen LogP contribution >= 0.6 is 23.8 Å². The largest absolute Gasteiger partial charge is 0.497 e. The van der Waals surface area contributed by atoms with Gasteiger partial charge in [-0.3, -0.25) is 10.1 Å². The van der Waals surface area contributed by atoms with E-state index < -0.39 is 5.91 Å². The zero-order chi connectivity index (χ0) is 23.5. The number of benzene rings is 3. The van der Waals surface area contributed by atoms with Crippen molar-refractivity contribution in [3.63, 3.8) is 0 Å². The zero-order valence-electron chi connectivity index (χ0n) is 18.1. The number of ether oxygens (including phenoxy) is 2. The lowest BCUT2D eigenvalue weighted by atomic mass is 10.1. The summed E-state index contributed by atoms with van der Waals surface area (Å²) in [5, 5.41) is 6.09. The minimum Gasteiger partial charge on any atom is -0.497 e. The molecule has 0 aliphatic heterocycles. The van der Waals surface area contributed by atoms with E-state index in [1.54, 1.807) is 36.4 Å². The van der Waals surface area contributed by atoms with Gasteiger partial charge < -0.3 is 19.2 Å². The third kappa shape index (κ3) is 4.92. The maximum absolute atomic E-state index is 12.7. The SMILES string of the molecule is COc1ccc(C(=O)NC(=S)Nc2cc(-c3nc4cc(C)ccc4o3)ccc2Cl)c(OC)c1. The topological polar surface area (TPSA) is 85.6 Å². The third-order valence-corrected chi connectivity index (χ3v) is 5.42. The average molecular weight is 482 g/mol. The number of halogens is 1. The lowest BCUT2D eigenvalue weighted by Gasteiger charge is -2.13. The molecule has 7 nitrogen and oxygen atoms in total. The van der Waals surface area contributed by atoms with Crippen LogP contribution in [-0.2, 0) is 0 Å². The number of nitrogens with one attached hydrogen (secondary N) is 2. The van der Waals surface area contributed by atoms with E-state index >= 15 is 0 Å². The first-order valence-corrected chi connectivity index (χ1v) is 10.7. The Morgan fingerprint density at radius 3 is 2.64 bits per heavy atom. The maximum atomic E-state index is 12.7. The van der Waals surface area contributed by atoms with Crippen molar-refractivity contribution in [2.24, 2.45) is 0 Å². The highest BCUT2D eigenvalue weighted by Crippen LogP contribution is 2.31. The van der Waals surface area contributed by atoms with E-state index in [1.807, 2.05) is 25.1 Å². The second-order valence-corrected chi connectivity index (χ2v) is 7.97. The van der Waals surface area contributed by atoms with Crippen LogP contribution in [0.25, 0.3) is 22.6 Å². The van der Waals surface area contributed by atoms with Gasteiger partial charge in [-0.25, -0.2) is 4.98 Å². The molecule has 1 aromatic heterocycles. The van der Waals surface area contributed by atoms with Crippen molar-refractivity contribution in [2.45, 2.75) is 6.92 Å². The molecule has 0 bridgehead atoms. The molecule has 168 valence electrons. The Morgan fingerprint density at radius 2 is 1.88 bits per heavy atom. The van der Waals surface area contributed by atoms with Crippen molar-refractivity contribution >= 4 is 51.6 Å². The van der Waals surface area contributed by atoms with Crippen molar-refractivity contribution < 1.29 is 18.7 Å². The van der Waals surface area contributed by atoms with Gasteiger partial charge in [0.15, 0.2) is 10.7 Å². The minimum absolute atomic E-state index is 0.0742. The van der Waals surface area contributed by atoms with Gasteiger partial charge in [0.25, 0.3) is 5.91 Å². The van der Waals surface area contributed by atoms with Gasteiger partial charge in [0, 0.05) is 11.6 Å². The summed E-state index contributed by atoms with van der Waals surface area (Å²) in [4.78, 5) is 17.3. The maximum Gasteiger partial charge on any atom is 0.261 e. The van der Waals surface area contributed by atoms with Crippen LogP contribution in [0.15, 0.2) is 59.0 Å². The van der Waals surface area contributed by atoms with Crippen molar-refractivity contribution in [3.05, 3.63) is 70.7 Å². The summed E-state index contributed by atoms with van der Waals surface area (Å²) in [5.41, 5.74) is 4.07. The van der Waals surface area contributed by atoms with E-state index in [0.717, 1.165) is 11.1 Å². The fourth-order valence-corrected chi connectivity index (χ4v) is 3.59. The number of thiocarbonyl (C=S) groups is 1. The van der Waals surface area contributed by atoms with Crippen LogP contribution in [0.5, 0.6) is 11.5 Å². The number of anilines is 1. The number of hydrogen-bond acceptors (Lipinski definition) is 6. The molecular weight excluding hydrogens is 462 g/mol. The Morgan fingerprint density at radius 1 is 1.06 bits per heavy atom. The fourth-order valence-electron chi connectivity index (χ4n) is 3.23. The van der Waals surface area contributed by atoms with Gasteiger partial charge >= 0.3 is 0 Å². The molecule has 1 amide bonds. The van der Waals surface area contributed by atoms with E-state index in [9.17, 15) is 4.79 Å². The standard InChI is InChI=1S/C24H20ClN3O4S/c1-13-4-9-20-19(10-13)26-23(32-20)14-5-8-17(25)18(11-14)27-24(33)28-22(29)16-7-6-15(30-2)12-21(16)31-3/h4-12H,1-3H3,(H2,27,28,29,33). The molecule has 0 atom stereocenters. The highest BCUT2D eigenvalue weighted by atomic mass is 35.5. The number of hydrogen-bond donors (Lipinski definition) is 2. The number of aryl methyl sites for hydroxylation is 1. The molecule has 0 saturated carbocycles. The van der Waals surface area contributed by atoms with Crippen LogP contribution in [0.4, 0.5) is 5.69 Å². The van der Waals surface area contributed by atoms with E-state index in [-0.39, 0.29) is 5.11 Å². The van der Waals surface area contributed by atoms with E-state index in [0.29, 0.717) is 44.8 Å². The van der Waals surface area contributed by atoms with Crippen molar-refractivity contribution in [3.8, 4) is 23.0 Å². The first kappa shape index (κ1) is 22.6. The van der Waals surface area contributed by atoms with Crippen LogP contribution in [0.2, 0.25) is 5.02 Å². The van der Waals surface area contributed by atoms with Crippen molar-refractivity contribution in [1.29, 1.82) is 0 Å². The van der Waals surface area contributed by atoms with Crippen molar-refractivity contribution in [1.82, 2.24) is 10.3 Å². The third-order valence-electron chi connectivity index (χ3n) is 4.88. The summed E-state index contributed by atoms with van der Waals surface area (Å²) in [6.07, 6.45) is 0. The lowest BCUT2D eigenvalue weighted by Crippen LogP contribution is -2.34. The Bertz CT molecular complexity index is 1370. The first-order valence-electron chi connectivity index (χ1n) is 9.89. The van der Waals surface area contributed by atoms with Gasteiger partial charge in [-0.05, 0) is 67.2 Å². The molecule has 0 aliphatic carbocycles. The number of methoxy groups -OCH3 is 2. The summed E-state index contributed by atoms with van der Waals surface area (Å²) in [6, 6.07) is 15.9. The molecule has 0 radical (unpaired) electrons.